The lowest BCUT2D eigenvalue weighted by Gasteiger charge is -2.41. The molecular formula is C23H36N2O6Si. The van der Waals surface area contributed by atoms with E-state index in [1.807, 2.05) is 6.08 Å². The molecule has 0 saturated carbocycles. The van der Waals surface area contributed by atoms with Crippen LogP contribution in [0.1, 0.15) is 41.5 Å². The fourth-order valence-corrected chi connectivity index (χ4v) is 10.1. The first-order valence-electron chi connectivity index (χ1n) is 11.2. The molecular weight excluding hydrogens is 428 g/mol. The average Bonchev–Trinajstić information content (AvgIpc) is 3.30. The van der Waals surface area contributed by atoms with Crippen molar-refractivity contribution in [1.82, 2.24) is 9.80 Å². The van der Waals surface area contributed by atoms with Crippen molar-refractivity contribution >= 4 is 26.4 Å². The molecule has 0 bridgehead atoms. The van der Waals surface area contributed by atoms with Gasteiger partial charge in [0.1, 0.15) is 13.2 Å². The van der Waals surface area contributed by atoms with Crippen molar-refractivity contribution in [2.24, 2.45) is 0 Å². The largest absolute Gasteiger partial charge is 0.447 e. The van der Waals surface area contributed by atoms with Crippen molar-refractivity contribution in [2.45, 2.75) is 64.2 Å². The van der Waals surface area contributed by atoms with Gasteiger partial charge < -0.3 is 13.9 Å². The number of hydrogen-bond acceptors (Lipinski definition) is 6. The van der Waals surface area contributed by atoms with Crippen molar-refractivity contribution in [2.75, 3.05) is 32.9 Å². The molecule has 2 aliphatic heterocycles. The molecule has 0 aliphatic carbocycles. The molecule has 2 fully saturated rings. The van der Waals surface area contributed by atoms with Crippen LogP contribution in [0.2, 0.25) is 16.6 Å². The predicted octanol–water partition coefficient (Wildman–Crippen LogP) is 4.25. The van der Waals surface area contributed by atoms with Crippen LogP contribution in [0.25, 0.3) is 0 Å². The van der Waals surface area contributed by atoms with Crippen molar-refractivity contribution < 1.29 is 28.3 Å². The maximum absolute atomic E-state index is 12.1. The molecule has 8 nitrogen and oxygen atoms in total. The van der Waals surface area contributed by atoms with Gasteiger partial charge in [0.2, 0.25) is 8.32 Å². The van der Waals surface area contributed by atoms with Gasteiger partial charge in [0.25, 0.3) is 5.91 Å². The number of amides is 3. The molecule has 0 aromatic carbocycles. The Labute approximate surface area is 192 Å². The number of ether oxygens (including phenoxy) is 2. The van der Waals surface area contributed by atoms with Crippen LogP contribution >= 0.6 is 0 Å². The maximum atomic E-state index is 12.1. The quantitative estimate of drug-likeness (QED) is 0.273. The zero-order valence-corrected chi connectivity index (χ0v) is 21.0. The maximum Gasteiger partial charge on any atom is 0.416 e. The molecule has 0 aromatic heterocycles. The molecule has 32 heavy (non-hydrogen) atoms. The molecule has 2 aliphatic rings. The standard InChI is InChI=1S/C23H36N2O6Si/c1-17(2)32(18(3)4,19(5)6)31-14-9-7-8-12-24-20(16-30-22(24)27)10-11-21(26)25-13-15-29-23(25)28/h8-11,17-20H,12-16H2,1-6H3/b11-10+/t7?,20-/m0/s1. The summed E-state index contributed by atoms with van der Waals surface area (Å²) in [5.74, 6) is -0.465. The van der Waals surface area contributed by atoms with Crippen LogP contribution in [0.3, 0.4) is 0 Å². The summed E-state index contributed by atoms with van der Waals surface area (Å²) in [5.41, 5.74) is 4.63. The number of imide groups is 1. The van der Waals surface area contributed by atoms with Crippen LogP contribution in [0.5, 0.6) is 0 Å². The van der Waals surface area contributed by atoms with Crippen LogP contribution in [-0.2, 0) is 18.7 Å². The van der Waals surface area contributed by atoms with E-state index in [0.717, 1.165) is 4.90 Å². The second kappa shape index (κ2) is 11.5. The molecule has 2 saturated heterocycles. The van der Waals surface area contributed by atoms with Crippen LogP contribution in [0.15, 0.2) is 30.0 Å². The van der Waals surface area contributed by atoms with E-state index in [1.165, 1.54) is 11.0 Å². The third-order valence-corrected chi connectivity index (χ3v) is 12.2. The molecule has 0 radical (unpaired) electrons. The summed E-state index contributed by atoms with van der Waals surface area (Å²) in [5, 5.41) is 0. The predicted molar refractivity (Wildman–Crippen MR) is 124 cm³/mol. The average molecular weight is 465 g/mol. The fraction of sp³-hybridized carbons (Fsp3) is 0.652. The smallest absolute Gasteiger partial charge is 0.416 e. The fourth-order valence-electron chi connectivity index (χ4n) is 4.68. The first-order valence-corrected chi connectivity index (χ1v) is 13.4. The molecule has 3 amide bonds. The molecule has 2 heterocycles. The van der Waals surface area contributed by atoms with Crippen LogP contribution in [0.4, 0.5) is 9.59 Å². The normalized spacial score (nSPS) is 19.2. The number of rotatable bonds is 10. The Bertz CT molecular complexity index is 764. The lowest BCUT2D eigenvalue weighted by molar-refractivity contribution is -0.122. The van der Waals surface area contributed by atoms with Crippen molar-refractivity contribution in [3.05, 3.63) is 30.0 Å². The third-order valence-electron chi connectivity index (χ3n) is 6.15. The van der Waals surface area contributed by atoms with Crippen LogP contribution < -0.4 is 0 Å². The van der Waals surface area contributed by atoms with Gasteiger partial charge in [0.15, 0.2) is 0 Å². The zero-order chi connectivity index (χ0) is 23.9. The highest BCUT2D eigenvalue weighted by molar-refractivity contribution is 6.77. The summed E-state index contributed by atoms with van der Waals surface area (Å²) in [6.45, 7) is 14.8. The Hall–Kier alpha value is -2.35. The SMILES string of the molecule is CC(C)[Si](OCC=C=CCN1C(=O)OC[C@@H]1/C=C/C(=O)N1CCOC1=O)(C(C)C)C(C)C. The van der Waals surface area contributed by atoms with E-state index in [1.54, 1.807) is 12.2 Å². The van der Waals surface area contributed by atoms with E-state index in [4.69, 9.17) is 13.9 Å². The number of hydrogen-bond donors (Lipinski definition) is 0. The zero-order valence-electron chi connectivity index (χ0n) is 20.0. The highest BCUT2D eigenvalue weighted by Crippen LogP contribution is 2.42. The van der Waals surface area contributed by atoms with Gasteiger partial charge in [-0.1, -0.05) is 47.6 Å². The molecule has 2 rings (SSSR count). The molecule has 1 atom stereocenters. The van der Waals surface area contributed by atoms with E-state index in [0.29, 0.717) is 29.8 Å². The van der Waals surface area contributed by atoms with E-state index in [-0.39, 0.29) is 25.8 Å². The summed E-state index contributed by atoms with van der Waals surface area (Å²) in [7, 11) is -1.92. The Morgan fingerprint density at radius 1 is 1.09 bits per heavy atom. The Balaban J connectivity index is 1.93. The molecule has 0 aromatic rings. The highest BCUT2D eigenvalue weighted by atomic mass is 28.4. The molecule has 9 heteroatoms. The second-order valence-electron chi connectivity index (χ2n) is 8.96. The Kier molecular flexibility index (Phi) is 9.30. The van der Waals surface area contributed by atoms with Crippen LogP contribution in [0, 0.1) is 0 Å². The Morgan fingerprint density at radius 3 is 2.31 bits per heavy atom. The summed E-state index contributed by atoms with van der Waals surface area (Å²) >= 11 is 0. The van der Waals surface area contributed by atoms with Crippen molar-refractivity contribution in [3.63, 3.8) is 0 Å². The molecule has 0 N–H and O–H groups in total. The minimum absolute atomic E-state index is 0.152. The number of nitrogens with zero attached hydrogens (tertiary/aromatic N) is 2. The molecule has 0 unspecified atom stereocenters. The monoisotopic (exact) mass is 464 g/mol. The van der Waals surface area contributed by atoms with E-state index in [2.05, 4.69) is 47.3 Å². The van der Waals surface area contributed by atoms with E-state index >= 15 is 0 Å². The van der Waals surface area contributed by atoms with Gasteiger partial charge in [-0.15, -0.1) is 5.73 Å². The summed E-state index contributed by atoms with van der Waals surface area (Å²) in [6, 6.07) is -0.387. The third kappa shape index (κ3) is 5.91. The van der Waals surface area contributed by atoms with Crippen molar-refractivity contribution in [3.8, 4) is 0 Å². The van der Waals surface area contributed by atoms with Gasteiger partial charge in [-0.25, -0.2) is 14.5 Å². The van der Waals surface area contributed by atoms with Gasteiger partial charge in [-0.2, -0.15) is 0 Å². The van der Waals surface area contributed by atoms with Gasteiger partial charge in [0, 0.05) is 6.08 Å². The van der Waals surface area contributed by atoms with Gasteiger partial charge in [0.05, 0.1) is 25.7 Å². The first kappa shape index (κ1) is 25.9. The highest BCUT2D eigenvalue weighted by Gasteiger charge is 2.44. The molecule has 0 spiro atoms. The lowest BCUT2D eigenvalue weighted by atomic mass is 10.2. The minimum Gasteiger partial charge on any atom is -0.447 e. The van der Waals surface area contributed by atoms with Crippen molar-refractivity contribution in [1.29, 1.82) is 0 Å². The topological polar surface area (TPSA) is 85.4 Å². The summed E-state index contributed by atoms with van der Waals surface area (Å²) in [6.07, 6.45) is 5.36. The van der Waals surface area contributed by atoms with Crippen LogP contribution in [-0.4, -0.2) is 75.2 Å². The minimum atomic E-state index is -1.92. The first-order chi connectivity index (χ1) is 15.1. The Morgan fingerprint density at radius 2 is 1.75 bits per heavy atom. The van der Waals surface area contributed by atoms with E-state index < -0.39 is 26.4 Å². The molecule has 178 valence electrons. The number of cyclic esters (lactones) is 2. The number of carbonyl (C=O) groups excluding carboxylic acids is 3. The van der Waals surface area contributed by atoms with Gasteiger partial charge >= 0.3 is 12.2 Å². The summed E-state index contributed by atoms with van der Waals surface area (Å²) < 4.78 is 16.3. The number of carbonyl (C=O) groups is 3. The van der Waals surface area contributed by atoms with Gasteiger partial charge in [-0.05, 0) is 28.8 Å². The second-order valence-corrected chi connectivity index (χ2v) is 14.4. The van der Waals surface area contributed by atoms with E-state index in [9.17, 15) is 14.4 Å². The lowest BCUT2D eigenvalue weighted by Crippen LogP contribution is -2.47. The van der Waals surface area contributed by atoms with Gasteiger partial charge in [-0.3, -0.25) is 9.69 Å². The summed E-state index contributed by atoms with van der Waals surface area (Å²) in [4.78, 5) is 38.1.